The van der Waals surface area contributed by atoms with Crippen molar-refractivity contribution in [3.05, 3.63) is 35.5 Å². The highest BCUT2D eigenvalue weighted by Gasteiger charge is 2.41. The Morgan fingerprint density at radius 1 is 0.967 bits per heavy atom. The van der Waals surface area contributed by atoms with E-state index in [0.717, 1.165) is 56.9 Å². The fourth-order valence-electron chi connectivity index (χ4n) is 3.90. The van der Waals surface area contributed by atoms with Crippen LogP contribution in [0.4, 0.5) is 0 Å². The summed E-state index contributed by atoms with van der Waals surface area (Å²) in [5.41, 5.74) is 1.90. The van der Waals surface area contributed by atoms with Crippen molar-refractivity contribution in [2.24, 2.45) is 5.92 Å². The van der Waals surface area contributed by atoms with Crippen molar-refractivity contribution < 1.29 is 14.3 Å². The Morgan fingerprint density at radius 2 is 1.63 bits per heavy atom. The number of ether oxygens (including phenoxy) is 1. The quantitative estimate of drug-likeness (QED) is 0.582. The molecule has 1 fully saturated rings. The lowest BCUT2D eigenvalue weighted by Crippen LogP contribution is -2.47. The molecule has 0 radical (unpaired) electrons. The molecule has 6 heteroatoms. The van der Waals surface area contributed by atoms with E-state index in [1.54, 1.807) is 0 Å². The van der Waals surface area contributed by atoms with Gasteiger partial charge >= 0.3 is 0 Å². The molecule has 164 valence electrons. The third-order valence-corrected chi connectivity index (χ3v) is 5.74. The lowest BCUT2D eigenvalue weighted by molar-refractivity contribution is -0.137. The molecule has 2 aliphatic heterocycles. The minimum Gasteiger partial charge on any atom is -0.493 e. The SMILES string of the molecule is CCCCN1C(=O)C(c2ccc(OCC(C)C)cc2)=C(N2CCN(CC)CC2)C1=O. The molecule has 2 aliphatic rings. The number of imide groups is 1. The predicted octanol–water partition coefficient (Wildman–Crippen LogP) is 3.24. The van der Waals surface area contributed by atoms with Crippen LogP contribution < -0.4 is 4.74 Å². The van der Waals surface area contributed by atoms with Crippen molar-refractivity contribution in [2.75, 3.05) is 45.9 Å². The Balaban J connectivity index is 1.90. The third-order valence-electron chi connectivity index (χ3n) is 5.74. The van der Waals surface area contributed by atoms with E-state index < -0.39 is 0 Å². The molecule has 0 spiro atoms. The summed E-state index contributed by atoms with van der Waals surface area (Å²) in [4.78, 5) is 32.5. The molecule has 1 aromatic carbocycles. The van der Waals surface area contributed by atoms with Gasteiger partial charge < -0.3 is 14.5 Å². The van der Waals surface area contributed by atoms with E-state index in [1.807, 2.05) is 24.3 Å². The number of unbranched alkanes of at least 4 members (excludes halogenated alkanes) is 1. The summed E-state index contributed by atoms with van der Waals surface area (Å²) in [6.07, 6.45) is 1.77. The summed E-state index contributed by atoms with van der Waals surface area (Å²) in [6.45, 7) is 13.9. The fourth-order valence-corrected chi connectivity index (χ4v) is 3.90. The second-order valence-corrected chi connectivity index (χ2v) is 8.49. The standard InChI is InChI=1S/C24H35N3O3/c1-5-7-12-27-23(28)21(19-8-10-20(11-9-19)30-17-18(3)4)22(24(27)29)26-15-13-25(6-2)14-16-26/h8-11,18H,5-7,12-17H2,1-4H3. The summed E-state index contributed by atoms with van der Waals surface area (Å²) in [7, 11) is 0. The highest BCUT2D eigenvalue weighted by atomic mass is 16.5. The van der Waals surface area contributed by atoms with E-state index >= 15 is 0 Å². The van der Waals surface area contributed by atoms with Gasteiger partial charge in [0.05, 0.1) is 12.2 Å². The molecule has 30 heavy (non-hydrogen) atoms. The molecule has 0 unspecified atom stereocenters. The van der Waals surface area contributed by atoms with Crippen LogP contribution in [0.1, 0.15) is 46.1 Å². The van der Waals surface area contributed by atoms with E-state index in [9.17, 15) is 9.59 Å². The second kappa shape index (κ2) is 10.1. The minimum atomic E-state index is -0.169. The van der Waals surface area contributed by atoms with Crippen LogP contribution in [0.15, 0.2) is 30.0 Å². The number of hydrogen-bond donors (Lipinski definition) is 0. The zero-order valence-corrected chi connectivity index (χ0v) is 18.8. The number of hydrogen-bond acceptors (Lipinski definition) is 5. The van der Waals surface area contributed by atoms with E-state index in [2.05, 4.69) is 37.5 Å². The summed E-state index contributed by atoms with van der Waals surface area (Å²) in [6, 6.07) is 7.59. The summed E-state index contributed by atoms with van der Waals surface area (Å²) < 4.78 is 5.78. The number of nitrogens with zero attached hydrogens (tertiary/aromatic N) is 3. The number of piperazine rings is 1. The van der Waals surface area contributed by atoms with Gasteiger partial charge in [0.1, 0.15) is 11.4 Å². The smallest absolute Gasteiger partial charge is 0.277 e. The van der Waals surface area contributed by atoms with E-state index in [1.165, 1.54) is 4.90 Å². The van der Waals surface area contributed by atoms with Gasteiger partial charge in [-0.05, 0) is 36.6 Å². The summed E-state index contributed by atoms with van der Waals surface area (Å²) in [5, 5.41) is 0. The van der Waals surface area contributed by atoms with Gasteiger partial charge in [-0.3, -0.25) is 14.5 Å². The van der Waals surface area contributed by atoms with Gasteiger partial charge in [-0.2, -0.15) is 0 Å². The molecule has 6 nitrogen and oxygen atoms in total. The molecule has 1 aromatic rings. The van der Waals surface area contributed by atoms with Gasteiger partial charge in [-0.25, -0.2) is 0 Å². The molecule has 2 amide bonds. The van der Waals surface area contributed by atoms with Gasteiger partial charge in [0.2, 0.25) is 0 Å². The Hall–Kier alpha value is -2.34. The lowest BCUT2D eigenvalue weighted by atomic mass is 10.0. The number of rotatable bonds is 9. The van der Waals surface area contributed by atoms with Crippen LogP contribution >= 0.6 is 0 Å². The Morgan fingerprint density at radius 3 is 2.20 bits per heavy atom. The van der Waals surface area contributed by atoms with Crippen molar-refractivity contribution in [1.29, 1.82) is 0 Å². The highest BCUT2D eigenvalue weighted by molar-refractivity contribution is 6.35. The van der Waals surface area contributed by atoms with Crippen LogP contribution in [0.2, 0.25) is 0 Å². The molecule has 0 atom stereocenters. The van der Waals surface area contributed by atoms with E-state index in [-0.39, 0.29) is 11.8 Å². The highest BCUT2D eigenvalue weighted by Crippen LogP contribution is 2.33. The van der Waals surface area contributed by atoms with Gasteiger partial charge in [-0.1, -0.05) is 46.2 Å². The van der Waals surface area contributed by atoms with Crippen LogP contribution in [0.25, 0.3) is 5.57 Å². The zero-order valence-electron chi connectivity index (χ0n) is 18.8. The normalized spacial score (nSPS) is 18.2. The first-order valence-electron chi connectivity index (χ1n) is 11.3. The van der Waals surface area contributed by atoms with E-state index in [0.29, 0.717) is 30.3 Å². The van der Waals surface area contributed by atoms with Crippen LogP contribution in [0.3, 0.4) is 0 Å². The molecule has 3 rings (SSSR count). The number of likely N-dealkylation sites (N-methyl/N-ethyl adjacent to an activating group) is 1. The monoisotopic (exact) mass is 413 g/mol. The minimum absolute atomic E-state index is 0.145. The molecule has 0 saturated carbocycles. The van der Waals surface area contributed by atoms with Gasteiger partial charge in [0, 0.05) is 32.7 Å². The average molecular weight is 414 g/mol. The first kappa shape index (κ1) is 22.3. The summed E-state index contributed by atoms with van der Waals surface area (Å²) in [5.74, 6) is 0.915. The molecular weight excluding hydrogens is 378 g/mol. The van der Waals surface area contributed by atoms with Gasteiger partial charge in [-0.15, -0.1) is 0 Å². The molecule has 0 bridgehead atoms. The van der Waals surface area contributed by atoms with Gasteiger partial charge in [0.25, 0.3) is 11.8 Å². The maximum Gasteiger partial charge on any atom is 0.277 e. The summed E-state index contributed by atoms with van der Waals surface area (Å²) >= 11 is 0. The first-order chi connectivity index (χ1) is 14.5. The molecular formula is C24H35N3O3. The zero-order chi connectivity index (χ0) is 21.7. The lowest BCUT2D eigenvalue weighted by Gasteiger charge is -2.36. The Kier molecular flexibility index (Phi) is 7.53. The van der Waals surface area contributed by atoms with Crippen molar-refractivity contribution in [3.63, 3.8) is 0 Å². The van der Waals surface area contributed by atoms with Crippen LogP contribution in [0, 0.1) is 5.92 Å². The average Bonchev–Trinajstić information content (AvgIpc) is 3.01. The number of amides is 2. The molecule has 0 aromatic heterocycles. The van der Waals surface area contributed by atoms with Crippen molar-refractivity contribution in [1.82, 2.24) is 14.7 Å². The molecule has 0 aliphatic carbocycles. The third kappa shape index (κ3) is 4.86. The molecule has 2 heterocycles. The number of benzene rings is 1. The maximum atomic E-state index is 13.3. The van der Waals surface area contributed by atoms with Crippen molar-refractivity contribution in [3.8, 4) is 5.75 Å². The largest absolute Gasteiger partial charge is 0.493 e. The second-order valence-electron chi connectivity index (χ2n) is 8.49. The van der Waals surface area contributed by atoms with Gasteiger partial charge in [0.15, 0.2) is 0 Å². The fraction of sp³-hybridized carbons (Fsp3) is 0.583. The maximum absolute atomic E-state index is 13.3. The molecule has 0 N–H and O–H groups in total. The van der Waals surface area contributed by atoms with Crippen LogP contribution in [0.5, 0.6) is 5.75 Å². The van der Waals surface area contributed by atoms with Crippen LogP contribution in [-0.4, -0.2) is 72.4 Å². The topological polar surface area (TPSA) is 53.1 Å². The van der Waals surface area contributed by atoms with E-state index in [4.69, 9.17) is 4.74 Å². The number of carbonyl (C=O) groups is 2. The Bertz CT molecular complexity index is 777. The van der Waals surface area contributed by atoms with Crippen LogP contribution in [-0.2, 0) is 9.59 Å². The number of carbonyl (C=O) groups excluding carboxylic acids is 2. The predicted molar refractivity (Wildman–Crippen MR) is 119 cm³/mol. The Labute approximate surface area is 180 Å². The molecule has 1 saturated heterocycles. The van der Waals surface area contributed by atoms with Crippen molar-refractivity contribution in [2.45, 2.75) is 40.5 Å². The first-order valence-corrected chi connectivity index (χ1v) is 11.3. The van der Waals surface area contributed by atoms with Crippen molar-refractivity contribution >= 4 is 17.4 Å².